The monoisotopic (exact) mass is 372 g/mol. The molecule has 1 aromatic carbocycles. The van der Waals surface area contributed by atoms with Crippen molar-refractivity contribution in [2.24, 2.45) is 0 Å². The van der Waals surface area contributed by atoms with Crippen LogP contribution in [0.5, 0.6) is 0 Å². The molecule has 148 valence electrons. The first-order valence-corrected chi connectivity index (χ1v) is 10.6. The van der Waals surface area contributed by atoms with Crippen molar-refractivity contribution in [2.75, 3.05) is 19.7 Å². The lowest BCUT2D eigenvalue weighted by atomic mass is 9.79. The van der Waals surface area contributed by atoms with Crippen LogP contribution in [0.15, 0.2) is 33.5 Å². The van der Waals surface area contributed by atoms with Gasteiger partial charge < -0.3 is 9.15 Å². The molecule has 5 nitrogen and oxygen atoms in total. The van der Waals surface area contributed by atoms with Gasteiger partial charge in [0.15, 0.2) is 5.58 Å². The molecule has 27 heavy (non-hydrogen) atoms. The van der Waals surface area contributed by atoms with Crippen molar-refractivity contribution in [3.8, 4) is 0 Å². The van der Waals surface area contributed by atoms with E-state index in [1.807, 2.05) is 28.8 Å². The molecule has 1 aliphatic carbocycles. The van der Waals surface area contributed by atoms with E-state index in [4.69, 9.17) is 9.15 Å². The highest BCUT2D eigenvalue weighted by Crippen LogP contribution is 2.38. The summed E-state index contributed by atoms with van der Waals surface area (Å²) in [6, 6.07) is 8.00. The van der Waals surface area contributed by atoms with E-state index in [0.29, 0.717) is 11.7 Å². The number of piperidine rings is 1. The van der Waals surface area contributed by atoms with Crippen molar-refractivity contribution in [1.82, 2.24) is 9.47 Å². The Bertz CT molecular complexity index is 808. The second-order valence-electron chi connectivity index (χ2n) is 8.49. The molecule has 5 heteroatoms. The highest BCUT2D eigenvalue weighted by Gasteiger charge is 2.38. The van der Waals surface area contributed by atoms with Crippen molar-refractivity contribution in [1.29, 1.82) is 0 Å². The molecule has 0 N–H and O–H groups in total. The smallest absolute Gasteiger partial charge is 0.408 e. The molecule has 0 bridgehead atoms. The minimum atomic E-state index is -0.213. The highest BCUT2D eigenvalue weighted by molar-refractivity contribution is 5.72. The Hall–Kier alpha value is -1.59. The van der Waals surface area contributed by atoms with Crippen LogP contribution in [0.3, 0.4) is 0 Å². The van der Waals surface area contributed by atoms with Gasteiger partial charge in [0.05, 0.1) is 11.6 Å². The number of para-hydroxylation sites is 2. The standard InChI is InChI=1S/C22H32N2O3/c1-3-16-26-18-8-12-22(2,13-9-18)23-14-10-17(11-15-23)24-19-6-4-5-7-20(19)27-21(24)25/h4-7,17-18H,3,8-16H2,1-2H3/t18-,22-. The summed E-state index contributed by atoms with van der Waals surface area (Å²) in [6.45, 7) is 7.58. The third-order valence-electron chi connectivity index (χ3n) is 6.68. The zero-order valence-corrected chi connectivity index (χ0v) is 16.7. The van der Waals surface area contributed by atoms with Crippen LogP contribution in [0.25, 0.3) is 11.1 Å². The van der Waals surface area contributed by atoms with Crippen LogP contribution in [0.1, 0.15) is 64.8 Å². The van der Waals surface area contributed by atoms with Crippen molar-refractivity contribution in [3.63, 3.8) is 0 Å². The van der Waals surface area contributed by atoms with E-state index in [0.717, 1.165) is 44.5 Å². The predicted octanol–water partition coefficient (Wildman–Crippen LogP) is 4.36. The first-order valence-electron chi connectivity index (χ1n) is 10.6. The first-order chi connectivity index (χ1) is 13.1. The molecular weight excluding hydrogens is 340 g/mol. The van der Waals surface area contributed by atoms with Gasteiger partial charge >= 0.3 is 5.76 Å². The molecular formula is C22H32N2O3. The van der Waals surface area contributed by atoms with Gasteiger partial charge in [-0.3, -0.25) is 9.47 Å². The average molecular weight is 373 g/mol. The number of hydrogen-bond acceptors (Lipinski definition) is 4. The average Bonchev–Trinajstić information content (AvgIpc) is 3.03. The van der Waals surface area contributed by atoms with Gasteiger partial charge in [-0.2, -0.15) is 0 Å². The third kappa shape index (κ3) is 3.72. The second-order valence-corrected chi connectivity index (χ2v) is 8.49. The number of ether oxygens (including phenoxy) is 1. The summed E-state index contributed by atoms with van der Waals surface area (Å²) in [6.07, 6.45) is 8.32. The Labute approximate surface area is 161 Å². The van der Waals surface area contributed by atoms with Gasteiger partial charge in [0.2, 0.25) is 0 Å². The van der Waals surface area contributed by atoms with Crippen LogP contribution in [0.2, 0.25) is 0 Å². The fourth-order valence-corrected chi connectivity index (χ4v) is 4.97. The molecule has 0 atom stereocenters. The van der Waals surface area contributed by atoms with Crippen LogP contribution < -0.4 is 5.76 Å². The van der Waals surface area contributed by atoms with E-state index in [1.54, 1.807) is 0 Å². The summed E-state index contributed by atoms with van der Waals surface area (Å²) in [5.41, 5.74) is 1.91. The van der Waals surface area contributed by atoms with Gasteiger partial charge in [-0.25, -0.2) is 4.79 Å². The topological polar surface area (TPSA) is 47.6 Å². The summed E-state index contributed by atoms with van der Waals surface area (Å²) >= 11 is 0. The summed E-state index contributed by atoms with van der Waals surface area (Å²) in [5, 5.41) is 0. The summed E-state index contributed by atoms with van der Waals surface area (Å²) < 4.78 is 13.3. The summed E-state index contributed by atoms with van der Waals surface area (Å²) in [7, 11) is 0. The van der Waals surface area contributed by atoms with E-state index < -0.39 is 0 Å². The lowest BCUT2D eigenvalue weighted by molar-refractivity contribution is -0.0306. The minimum absolute atomic E-state index is 0.213. The number of rotatable bonds is 5. The summed E-state index contributed by atoms with van der Waals surface area (Å²) in [4.78, 5) is 15.0. The maximum Gasteiger partial charge on any atom is 0.420 e. The van der Waals surface area contributed by atoms with Crippen molar-refractivity contribution in [3.05, 3.63) is 34.8 Å². The maximum absolute atomic E-state index is 12.4. The van der Waals surface area contributed by atoms with Crippen LogP contribution in [-0.2, 0) is 4.74 Å². The molecule has 1 aromatic heterocycles. The lowest BCUT2D eigenvalue weighted by Gasteiger charge is -2.48. The minimum Gasteiger partial charge on any atom is -0.408 e. The number of aromatic nitrogens is 1. The van der Waals surface area contributed by atoms with Gasteiger partial charge in [-0.1, -0.05) is 19.1 Å². The predicted molar refractivity (Wildman–Crippen MR) is 107 cm³/mol. The number of oxazole rings is 1. The Morgan fingerprint density at radius 2 is 1.85 bits per heavy atom. The first kappa shape index (κ1) is 18.8. The molecule has 4 rings (SSSR count). The molecule has 0 spiro atoms. The van der Waals surface area contributed by atoms with Gasteiger partial charge in [0.1, 0.15) is 0 Å². The van der Waals surface area contributed by atoms with Crippen LogP contribution >= 0.6 is 0 Å². The van der Waals surface area contributed by atoms with Crippen LogP contribution in [0, 0.1) is 0 Å². The zero-order chi connectivity index (χ0) is 18.9. The normalized spacial score (nSPS) is 28.0. The van der Waals surface area contributed by atoms with E-state index in [2.05, 4.69) is 18.7 Å². The lowest BCUT2D eigenvalue weighted by Crippen LogP contribution is -2.53. The molecule has 1 saturated carbocycles. The summed E-state index contributed by atoms with van der Waals surface area (Å²) in [5.74, 6) is -0.213. The molecule has 0 amide bonds. The Morgan fingerprint density at radius 1 is 1.15 bits per heavy atom. The SMILES string of the molecule is CCCO[C@H]1CC[C@](C)(N2CCC(n3c(=O)oc4ccccc43)CC2)CC1. The fourth-order valence-electron chi connectivity index (χ4n) is 4.97. The molecule has 1 aliphatic heterocycles. The van der Waals surface area contributed by atoms with E-state index in [9.17, 15) is 4.79 Å². The Morgan fingerprint density at radius 3 is 2.56 bits per heavy atom. The third-order valence-corrected chi connectivity index (χ3v) is 6.68. The fraction of sp³-hybridized carbons (Fsp3) is 0.682. The highest BCUT2D eigenvalue weighted by atomic mass is 16.5. The number of fused-ring (bicyclic) bond motifs is 1. The molecule has 2 fully saturated rings. The van der Waals surface area contributed by atoms with Gasteiger partial charge in [-0.15, -0.1) is 0 Å². The number of likely N-dealkylation sites (tertiary alicyclic amines) is 1. The quantitative estimate of drug-likeness (QED) is 0.782. The van der Waals surface area contributed by atoms with Crippen LogP contribution in [0.4, 0.5) is 0 Å². The number of hydrogen-bond donors (Lipinski definition) is 0. The molecule has 2 aromatic rings. The van der Waals surface area contributed by atoms with E-state index in [-0.39, 0.29) is 17.3 Å². The molecule has 1 saturated heterocycles. The van der Waals surface area contributed by atoms with Gasteiger partial charge in [0, 0.05) is 31.3 Å². The van der Waals surface area contributed by atoms with Crippen LogP contribution in [-0.4, -0.2) is 40.8 Å². The molecule has 2 aliphatic rings. The van der Waals surface area contributed by atoms with E-state index >= 15 is 0 Å². The second kappa shape index (κ2) is 7.80. The number of benzene rings is 1. The zero-order valence-electron chi connectivity index (χ0n) is 16.7. The largest absolute Gasteiger partial charge is 0.420 e. The van der Waals surface area contributed by atoms with Crippen molar-refractivity contribution in [2.45, 2.75) is 76.5 Å². The van der Waals surface area contributed by atoms with Crippen molar-refractivity contribution < 1.29 is 9.15 Å². The van der Waals surface area contributed by atoms with Gasteiger partial charge in [-0.05, 0) is 64.0 Å². The maximum atomic E-state index is 12.4. The number of nitrogens with zero attached hydrogens (tertiary/aromatic N) is 2. The Kier molecular flexibility index (Phi) is 5.42. The molecule has 2 heterocycles. The van der Waals surface area contributed by atoms with Crippen molar-refractivity contribution >= 4 is 11.1 Å². The molecule has 0 radical (unpaired) electrons. The Balaban J connectivity index is 1.39. The van der Waals surface area contributed by atoms with Gasteiger partial charge in [0.25, 0.3) is 0 Å². The van der Waals surface area contributed by atoms with E-state index in [1.165, 1.54) is 25.7 Å². The molecule has 0 unspecified atom stereocenters.